The van der Waals surface area contributed by atoms with Gasteiger partial charge in [0.1, 0.15) is 18.0 Å². The number of amides is 2. The van der Waals surface area contributed by atoms with Crippen molar-refractivity contribution in [2.45, 2.75) is 77.2 Å². The summed E-state index contributed by atoms with van der Waals surface area (Å²) in [5.74, 6) is 0.787. The van der Waals surface area contributed by atoms with Gasteiger partial charge in [-0.3, -0.25) is 14.8 Å². The van der Waals surface area contributed by atoms with Gasteiger partial charge in [-0.2, -0.15) is 0 Å². The first-order valence-electron chi connectivity index (χ1n) is 17.2. The summed E-state index contributed by atoms with van der Waals surface area (Å²) in [5.41, 5.74) is 7.96. The van der Waals surface area contributed by atoms with E-state index in [1.165, 1.54) is 0 Å². The molecule has 0 radical (unpaired) electrons. The van der Waals surface area contributed by atoms with E-state index in [-0.39, 0.29) is 30.9 Å². The van der Waals surface area contributed by atoms with Gasteiger partial charge in [-0.25, -0.2) is 14.6 Å². The van der Waals surface area contributed by atoms with Gasteiger partial charge in [0.25, 0.3) is 0 Å². The minimum Gasteiger partial charge on any atom is -0.445 e. The standard InChI is InChI=1S/C40H43N5O4/c1-40(2,3)49-39(47)45-22-8-12-36(45)37-42-25-34(43-37)31-19-17-29(18-20-31)28-13-15-30(16-14-28)32-23-33(41-24-32)35-11-7-21-44(35)38(46)48-26-27-9-5-4-6-10-27/h4-6,9-10,13-20,24-25,35-36H,7-8,11-12,21-23,26H2,1-3H3,(H,42,43)/t35-,36-/m0/s1. The number of carbonyl (C=O) groups is 2. The van der Waals surface area contributed by atoms with Crippen LogP contribution in [-0.2, 0) is 16.1 Å². The van der Waals surface area contributed by atoms with E-state index in [9.17, 15) is 9.59 Å². The summed E-state index contributed by atoms with van der Waals surface area (Å²) >= 11 is 0. The Hall–Kier alpha value is -5.18. The fraction of sp³-hybridized carbons (Fsp3) is 0.350. The maximum Gasteiger partial charge on any atom is 0.410 e. The van der Waals surface area contributed by atoms with Gasteiger partial charge in [-0.15, -0.1) is 0 Å². The summed E-state index contributed by atoms with van der Waals surface area (Å²) in [6.07, 6.45) is 7.57. The van der Waals surface area contributed by atoms with Crippen LogP contribution < -0.4 is 0 Å². The van der Waals surface area contributed by atoms with Gasteiger partial charge in [0.2, 0.25) is 0 Å². The van der Waals surface area contributed by atoms with Crippen LogP contribution in [0.15, 0.2) is 96.3 Å². The molecule has 4 heterocycles. The number of nitrogens with zero attached hydrogens (tertiary/aromatic N) is 4. The highest BCUT2D eigenvalue weighted by Gasteiger charge is 2.36. The van der Waals surface area contributed by atoms with Crippen LogP contribution in [-0.4, -0.2) is 62.4 Å². The number of hydrogen-bond acceptors (Lipinski definition) is 6. The molecule has 2 atom stereocenters. The van der Waals surface area contributed by atoms with Crippen molar-refractivity contribution in [3.63, 3.8) is 0 Å². The Morgan fingerprint density at radius 2 is 1.41 bits per heavy atom. The third-order valence-corrected chi connectivity index (χ3v) is 9.41. The molecule has 0 aliphatic carbocycles. The lowest BCUT2D eigenvalue weighted by atomic mass is 9.96. The van der Waals surface area contributed by atoms with Crippen molar-refractivity contribution in [2.75, 3.05) is 13.1 Å². The van der Waals surface area contributed by atoms with Crippen molar-refractivity contribution in [1.29, 1.82) is 0 Å². The Morgan fingerprint density at radius 3 is 2.08 bits per heavy atom. The second-order valence-electron chi connectivity index (χ2n) is 14.0. The van der Waals surface area contributed by atoms with Crippen molar-refractivity contribution in [2.24, 2.45) is 4.99 Å². The predicted molar refractivity (Wildman–Crippen MR) is 191 cm³/mol. The number of benzene rings is 3. The zero-order chi connectivity index (χ0) is 34.0. The fourth-order valence-electron chi connectivity index (χ4n) is 6.92. The van der Waals surface area contributed by atoms with E-state index in [1.54, 1.807) is 4.90 Å². The zero-order valence-electron chi connectivity index (χ0n) is 28.4. The molecule has 3 aromatic carbocycles. The normalized spacial score (nSPS) is 19.2. The maximum atomic E-state index is 12.9. The number of rotatable bonds is 7. The smallest absolute Gasteiger partial charge is 0.410 e. The second kappa shape index (κ2) is 13.7. The number of carbonyl (C=O) groups excluding carboxylic acids is 2. The Labute approximate surface area is 287 Å². The number of likely N-dealkylation sites (tertiary alicyclic amines) is 2. The predicted octanol–water partition coefficient (Wildman–Crippen LogP) is 8.80. The summed E-state index contributed by atoms with van der Waals surface area (Å²) in [4.78, 5) is 42.2. The minimum atomic E-state index is -0.536. The second-order valence-corrected chi connectivity index (χ2v) is 14.0. The molecule has 0 saturated carbocycles. The molecule has 1 aromatic heterocycles. The average molecular weight is 658 g/mol. The highest BCUT2D eigenvalue weighted by atomic mass is 16.6. The molecule has 4 aromatic rings. The van der Waals surface area contributed by atoms with Crippen molar-refractivity contribution in [3.8, 4) is 22.4 Å². The van der Waals surface area contributed by atoms with E-state index in [1.807, 2.05) is 68.4 Å². The SMILES string of the molecule is CC(C)(C)OC(=O)N1CCC[C@H]1c1ncc(-c2ccc(-c3ccc(C4=CN=C([C@@H]5CCCN5C(=O)OCc5ccccc5)C4)cc3)cc2)[nH]1. The number of ether oxygens (including phenoxy) is 2. The Morgan fingerprint density at radius 1 is 0.796 bits per heavy atom. The van der Waals surface area contributed by atoms with Gasteiger partial charge in [-0.05, 0) is 79.8 Å². The lowest BCUT2D eigenvalue weighted by molar-refractivity contribution is 0.0218. The molecule has 2 amide bonds. The first-order chi connectivity index (χ1) is 23.7. The quantitative estimate of drug-likeness (QED) is 0.214. The van der Waals surface area contributed by atoms with Gasteiger partial charge in [0, 0.05) is 31.4 Å². The van der Waals surface area contributed by atoms with Crippen LogP contribution in [0.5, 0.6) is 0 Å². The Bertz CT molecular complexity index is 1860. The molecule has 7 rings (SSSR count). The van der Waals surface area contributed by atoms with Gasteiger partial charge in [-0.1, -0.05) is 78.9 Å². The molecule has 1 N–H and O–H groups in total. The molecule has 9 heteroatoms. The van der Waals surface area contributed by atoms with E-state index in [0.29, 0.717) is 13.1 Å². The van der Waals surface area contributed by atoms with Crippen molar-refractivity contribution < 1.29 is 19.1 Å². The lowest BCUT2D eigenvalue weighted by Crippen LogP contribution is -2.40. The van der Waals surface area contributed by atoms with Gasteiger partial charge in [0.05, 0.1) is 24.0 Å². The lowest BCUT2D eigenvalue weighted by Gasteiger charge is -2.27. The number of nitrogens with one attached hydrogen (secondary N) is 1. The molecule has 0 bridgehead atoms. The summed E-state index contributed by atoms with van der Waals surface area (Å²) in [5, 5.41) is 0. The number of hydrogen-bond donors (Lipinski definition) is 1. The zero-order valence-corrected chi connectivity index (χ0v) is 28.4. The topological polar surface area (TPSA) is 100 Å². The van der Waals surface area contributed by atoms with Crippen molar-refractivity contribution >= 4 is 23.5 Å². The first kappa shape index (κ1) is 32.4. The largest absolute Gasteiger partial charge is 0.445 e. The van der Waals surface area contributed by atoms with Crippen LogP contribution in [0.25, 0.3) is 28.0 Å². The van der Waals surface area contributed by atoms with Crippen LogP contribution in [0.3, 0.4) is 0 Å². The first-order valence-corrected chi connectivity index (χ1v) is 17.2. The Balaban J connectivity index is 0.949. The molecule has 0 spiro atoms. The number of aliphatic imine (C=N–C) groups is 1. The van der Waals surface area contributed by atoms with E-state index < -0.39 is 5.60 Å². The molecular weight excluding hydrogens is 614 g/mol. The van der Waals surface area contributed by atoms with Crippen molar-refractivity contribution in [3.05, 3.63) is 108 Å². The molecule has 0 unspecified atom stereocenters. The molecule has 2 fully saturated rings. The molecule has 49 heavy (non-hydrogen) atoms. The van der Waals surface area contributed by atoms with Crippen LogP contribution in [0, 0.1) is 0 Å². The molecule has 3 aliphatic rings. The molecule has 2 saturated heterocycles. The van der Waals surface area contributed by atoms with Crippen molar-refractivity contribution in [1.82, 2.24) is 19.8 Å². The highest BCUT2D eigenvalue weighted by molar-refractivity contribution is 6.03. The van der Waals surface area contributed by atoms with Gasteiger partial charge < -0.3 is 14.5 Å². The van der Waals surface area contributed by atoms with Crippen LogP contribution in [0.4, 0.5) is 9.59 Å². The number of imidazole rings is 1. The summed E-state index contributed by atoms with van der Waals surface area (Å²) < 4.78 is 11.3. The van der Waals surface area contributed by atoms with Crippen LogP contribution >= 0.6 is 0 Å². The number of aromatic nitrogens is 2. The third kappa shape index (κ3) is 7.31. The molecule has 3 aliphatic heterocycles. The van der Waals surface area contributed by atoms with Gasteiger partial charge in [0.15, 0.2) is 0 Å². The monoisotopic (exact) mass is 657 g/mol. The molecule has 9 nitrogen and oxygen atoms in total. The number of allylic oxidation sites excluding steroid dienone is 1. The molecular formula is C40H43N5O4. The fourth-order valence-corrected chi connectivity index (χ4v) is 6.92. The molecule has 252 valence electrons. The number of aromatic amines is 1. The van der Waals surface area contributed by atoms with E-state index in [0.717, 1.165) is 82.7 Å². The minimum absolute atomic E-state index is 0.0251. The maximum absolute atomic E-state index is 12.9. The summed E-state index contributed by atoms with van der Waals surface area (Å²) in [6, 6.07) is 26.6. The van der Waals surface area contributed by atoms with E-state index >= 15 is 0 Å². The summed E-state index contributed by atoms with van der Waals surface area (Å²) in [7, 11) is 0. The van der Waals surface area contributed by atoms with Gasteiger partial charge >= 0.3 is 12.2 Å². The Kier molecular flexibility index (Phi) is 9.08. The summed E-state index contributed by atoms with van der Waals surface area (Å²) in [6.45, 7) is 7.29. The highest BCUT2D eigenvalue weighted by Crippen LogP contribution is 2.34. The van der Waals surface area contributed by atoms with E-state index in [2.05, 4.69) is 58.5 Å². The third-order valence-electron chi connectivity index (χ3n) is 9.41. The number of H-pyrrole nitrogens is 1. The van der Waals surface area contributed by atoms with E-state index in [4.69, 9.17) is 14.5 Å². The average Bonchev–Trinajstić information content (AvgIpc) is 3.93. The van der Waals surface area contributed by atoms with Crippen LogP contribution in [0.1, 0.15) is 75.9 Å². The van der Waals surface area contributed by atoms with Crippen LogP contribution in [0.2, 0.25) is 0 Å².